The number of nitrogens with zero attached hydrogens (tertiary/aromatic N) is 6. The Balaban J connectivity index is 1.37. The van der Waals surface area contributed by atoms with Crippen LogP contribution in [0, 0.1) is 0 Å². The lowest BCUT2D eigenvalue weighted by atomic mass is 9.98. The van der Waals surface area contributed by atoms with E-state index < -0.39 is 0 Å². The number of H-pyrrole nitrogens is 1. The Hall–Kier alpha value is -3.56. The van der Waals surface area contributed by atoms with Crippen molar-refractivity contribution in [3.8, 4) is 22.5 Å². The molecule has 38 heavy (non-hydrogen) atoms. The predicted octanol–water partition coefficient (Wildman–Crippen LogP) is 4.91. The summed E-state index contributed by atoms with van der Waals surface area (Å²) in [4.78, 5) is 19.4. The fourth-order valence-corrected chi connectivity index (χ4v) is 5.23. The van der Waals surface area contributed by atoms with Gasteiger partial charge in [-0.25, -0.2) is 4.98 Å². The second kappa shape index (κ2) is 11.9. The lowest BCUT2D eigenvalue weighted by molar-refractivity contribution is -0.150. The van der Waals surface area contributed by atoms with Gasteiger partial charge in [-0.1, -0.05) is 73.5 Å². The molecular weight excluding hydrogens is 502 g/mol. The minimum absolute atomic E-state index is 0.108. The summed E-state index contributed by atoms with van der Waals surface area (Å²) in [5.74, 6) is 1.27. The van der Waals surface area contributed by atoms with Gasteiger partial charge in [0.2, 0.25) is 5.82 Å². The van der Waals surface area contributed by atoms with Crippen molar-refractivity contribution in [2.75, 3.05) is 13.6 Å². The van der Waals surface area contributed by atoms with Crippen LogP contribution in [-0.4, -0.2) is 60.7 Å². The number of esters is 1. The van der Waals surface area contributed by atoms with Gasteiger partial charge in [-0.15, -0.1) is 10.2 Å². The Labute approximate surface area is 227 Å². The normalized spacial score (nSPS) is 15.7. The summed E-state index contributed by atoms with van der Waals surface area (Å²) in [6.07, 6.45) is 4.70. The lowest BCUT2D eigenvalue weighted by Crippen LogP contribution is -2.34. The van der Waals surface area contributed by atoms with Crippen LogP contribution in [0.25, 0.3) is 22.5 Å². The highest BCUT2D eigenvalue weighted by atomic mass is 35.5. The Morgan fingerprint density at radius 2 is 1.95 bits per heavy atom. The number of tetrazole rings is 1. The van der Waals surface area contributed by atoms with Crippen LogP contribution in [-0.2, 0) is 29.1 Å². The van der Waals surface area contributed by atoms with E-state index >= 15 is 0 Å². The molecule has 1 aliphatic heterocycles. The number of aromatic amines is 1. The average molecular weight is 534 g/mol. The van der Waals surface area contributed by atoms with Gasteiger partial charge in [0, 0.05) is 18.5 Å². The summed E-state index contributed by atoms with van der Waals surface area (Å²) >= 11 is 6.59. The number of carbonyl (C=O) groups is 1. The summed E-state index contributed by atoms with van der Waals surface area (Å²) in [6, 6.07) is 16.2. The van der Waals surface area contributed by atoms with Crippen LogP contribution in [0.1, 0.15) is 49.7 Å². The molecule has 0 saturated carbocycles. The number of hydrogen-bond donors (Lipinski definition) is 1. The van der Waals surface area contributed by atoms with E-state index in [0.29, 0.717) is 17.5 Å². The molecule has 1 N–H and O–H groups in total. The molecule has 4 aromatic rings. The van der Waals surface area contributed by atoms with Crippen molar-refractivity contribution in [3.63, 3.8) is 0 Å². The van der Waals surface area contributed by atoms with Crippen LogP contribution in [0.5, 0.6) is 0 Å². The summed E-state index contributed by atoms with van der Waals surface area (Å²) in [5.41, 5.74) is 4.83. The first-order chi connectivity index (χ1) is 18.5. The molecule has 0 spiro atoms. The third kappa shape index (κ3) is 5.63. The zero-order valence-corrected chi connectivity index (χ0v) is 22.5. The van der Waals surface area contributed by atoms with E-state index in [2.05, 4.69) is 61.4 Å². The second-order valence-corrected chi connectivity index (χ2v) is 10.0. The van der Waals surface area contributed by atoms with E-state index in [4.69, 9.17) is 16.3 Å². The number of nitrogens with one attached hydrogen (secondary N) is 1. The first kappa shape index (κ1) is 26.1. The molecule has 0 radical (unpaired) electrons. The van der Waals surface area contributed by atoms with Gasteiger partial charge in [0.15, 0.2) is 5.15 Å². The van der Waals surface area contributed by atoms with E-state index in [9.17, 15) is 4.79 Å². The maximum Gasteiger partial charge on any atom is 0.323 e. The van der Waals surface area contributed by atoms with Crippen molar-refractivity contribution in [1.29, 1.82) is 0 Å². The fraction of sp³-hybridized carbons (Fsp3) is 0.393. The smallest absolute Gasteiger partial charge is 0.323 e. The van der Waals surface area contributed by atoms with E-state index in [1.54, 1.807) is 0 Å². The van der Waals surface area contributed by atoms with E-state index in [-0.39, 0.29) is 18.6 Å². The summed E-state index contributed by atoms with van der Waals surface area (Å²) < 4.78 is 7.84. The van der Waals surface area contributed by atoms with Crippen molar-refractivity contribution in [1.82, 2.24) is 35.1 Å². The molecule has 10 heteroatoms. The number of rotatable bonds is 10. The highest BCUT2D eigenvalue weighted by Gasteiger charge is 2.29. The highest BCUT2D eigenvalue weighted by Crippen LogP contribution is 2.30. The number of benzene rings is 2. The third-order valence-electron chi connectivity index (χ3n) is 7.12. The zero-order chi connectivity index (χ0) is 26.5. The molecule has 0 amide bonds. The van der Waals surface area contributed by atoms with Gasteiger partial charge in [0.1, 0.15) is 18.5 Å². The average Bonchev–Trinajstić information content (AvgIpc) is 3.68. The van der Waals surface area contributed by atoms with Crippen LogP contribution in [0.4, 0.5) is 0 Å². The van der Waals surface area contributed by atoms with Crippen molar-refractivity contribution in [3.05, 3.63) is 70.8 Å². The quantitative estimate of drug-likeness (QED) is 0.289. The van der Waals surface area contributed by atoms with Crippen LogP contribution in [0.2, 0.25) is 5.15 Å². The monoisotopic (exact) mass is 533 g/mol. The van der Waals surface area contributed by atoms with E-state index in [1.165, 1.54) is 0 Å². The number of aromatic nitrogens is 6. The topological polar surface area (TPSA) is 102 Å². The van der Waals surface area contributed by atoms with Gasteiger partial charge in [0.05, 0.1) is 5.69 Å². The Morgan fingerprint density at radius 1 is 1.16 bits per heavy atom. The molecule has 0 aliphatic carbocycles. The Kier molecular flexibility index (Phi) is 8.14. The van der Waals surface area contributed by atoms with Crippen LogP contribution < -0.4 is 0 Å². The molecule has 1 aliphatic rings. The number of hydrogen-bond acceptors (Lipinski definition) is 7. The second-order valence-electron chi connectivity index (χ2n) is 9.68. The number of likely N-dealkylation sites (N-methyl/N-ethyl adjacent to an activating group) is 1. The molecule has 1 saturated heterocycles. The zero-order valence-electron chi connectivity index (χ0n) is 21.7. The lowest BCUT2D eigenvalue weighted by Gasteiger charge is -2.18. The number of likely N-dealkylation sites (tertiary alicyclic amines) is 1. The third-order valence-corrected chi connectivity index (χ3v) is 7.42. The minimum Gasteiger partial charge on any atom is -0.458 e. The maximum atomic E-state index is 12.7. The van der Waals surface area contributed by atoms with Gasteiger partial charge in [0.25, 0.3) is 0 Å². The van der Waals surface area contributed by atoms with Crippen LogP contribution >= 0.6 is 11.6 Å². The standard InChI is InChI=1S/C28H32ClN7O2/c1-3-4-11-25-30-26(29)24(18-38-28(37)23-10-7-16-35(23)2)36(25)17-19-12-14-20(15-13-19)21-8-5-6-9-22(21)27-31-33-34-32-27/h5-6,8-9,12-15,23H,3-4,7,10-11,16-18H2,1-2H3,(H,31,32,33,34)/t23-/m0/s1. The van der Waals surface area contributed by atoms with Crippen molar-refractivity contribution < 1.29 is 9.53 Å². The number of ether oxygens (including phenoxy) is 1. The number of aryl methyl sites for hydroxylation is 1. The van der Waals surface area contributed by atoms with E-state index in [0.717, 1.165) is 72.4 Å². The molecule has 1 atom stereocenters. The highest BCUT2D eigenvalue weighted by molar-refractivity contribution is 6.30. The van der Waals surface area contributed by atoms with Crippen molar-refractivity contribution in [2.45, 2.75) is 58.2 Å². The maximum absolute atomic E-state index is 12.7. The molecule has 3 heterocycles. The van der Waals surface area contributed by atoms with Gasteiger partial charge >= 0.3 is 5.97 Å². The molecule has 9 nitrogen and oxygen atoms in total. The van der Waals surface area contributed by atoms with Crippen molar-refractivity contribution >= 4 is 17.6 Å². The Bertz CT molecular complexity index is 1370. The first-order valence-corrected chi connectivity index (χ1v) is 13.5. The van der Waals surface area contributed by atoms with Crippen LogP contribution in [0.3, 0.4) is 0 Å². The molecule has 1 fully saturated rings. The molecule has 198 valence electrons. The minimum atomic E-state index is -0.200. The number of halogens is 1. The molecule has 0 bridgehead atoms. The SMILES string of the molecule is CCCCc1nc(Cl)c(COC(=O)[C@@H]2CCCN2C)n1Cc1ccc(-c2ccccc2-c2nn[nH]n2)cc1. The molecule has 2 aromatic heterocycles. The summed E-state index contributed by atoms with van der Waals surface area (Å²) in [6.45, 7) is 3.76. The number of imidazole rings is 1. The predicted molar refractivity (Wildman–Crippen MR) is 145 cm³/mol. The number of carbonyl (C=O) groups excluding carboxylic acids is 1. The van der Waals surface area contributed by atoms with Gasteiger partial charge in [-0.05, 0) is 54.8 Å². The van der Waals surface area contributed by atoms with E-state index in [1.807, 2.05) is 36.2 Å². The molecular formula is C28H32ClN7O2. The Morgan fingerprint density at radius 3 is 2.63 bits per heavy atom. The number of unbranched alkanes of at least 4 members (excludes halogenated alkanes) is 1. The fourth-order valence-electron chi connectivity index (χ4n) is 4.98. The summed E-state index contributed by atoms with van der Waals surface area (Å²) in [5, 5.41) is 14.9. The van der Waals surface area contributed by atoms with Crippen molar-refractivity contribution in [2.24, 2.45) is 0 Å². The van der Waals surface area contributed by atoms with Gasteiger partial charge in [-0.3, -0.25) is 9.69 Å². The molecule has 5 rings (SSSR count). The van der Waals surface area contributed by atoms with Gasteiger partial charge in [-0.2, -0.15) is 5.21 Å². The van der Waals surface area contributed by atoms with Crippen LogP contribution in [0.15, 0.2) is 48.5 Å². The largest absolute Gasteiger partial charge is 0.458 e. The molecule has 2 aromatic carbocycles. The first-order valence-electron chi connectivity index (χ1n) is 13.1. The molecule has 0 unspecified atom stereocenters. The summed E-state index contributed by atoms with van der Waals surface area (Å²) in [7, 11) is 1.96. The van der Waals surface area contributed by atoms with Gasteiger partial charge < -0.3 is 9.30 Å².